The van der Waals surface area contributed by atoms with Gasteiger partial charge in [0.2, 0.25) is 0 Å². The third-order valence-electron chi connectivity index (χ3n) is 3.03. The second-order valence-electron chi connectivity index (χ2n) is 5.17. The summed E-state index contributed by atoms with van der Waals surface area (Å²) in [6, 6.07) is 8.19. The molecule has 0 unspecified atom stereocenters. The van der Waals surface area contributed by atoms with Crippen molar-refractivity contribution in [3.05, 3.63) is 61.1 Å². The Morgan fingerprint density at radius 2 is 1.06 bits per heavy atom. The van der Waals surface area contributed by atoms with Gasteiger partial charge in [-0.15, -0.1) is 0 Å². The van der Waals surface area contributed by atoms with Crippen LogP contribution in [0.25, 0.3) is 0 Å². The Morgan fingerprint density at radius 1 is 0.778 bits per heavy atom. The fraction of sp³-hybridized carbons (Fsp3) is 0.375. The van der Waals surface area contributed by atoms with E-state index in [1.807, 2.05) is 52.0 Å². The van der Waals surface area contributed by atoms with Crippen molar-refractivity contribution < 1.29 is 9.47 Å². The molecule has 0 aliphatic carbocycles. The first kappa shape index (κ1) is 14.4. The van der Waals surface area contributed by atoms with Gasteiger partial charge in [-0.2, -0.15) is 0 Å². The van der Waals surface area contributed by atoms with Gasteiger partial charge in [0, 0.05) is 0 Å². The van der Waals surface area contributed by atoms with E-state index in [2.05, 4.69) is 13.2 Å². The summed E-state index contributed by atoms with van der Waals surface area (Å²) in [6.45, 7) is 15.2. The number of hydrogen-bond acceptors (Lipinski definition) is 2. The third kappa shape index (κ3) is 3.16. The van der Waals surface area contributed by atoms with Gasteiger partial charge in [-0.05, 0) is 38.8 Å². The zero-order valence-corrected chi connectivity index (χ0v) is 11.7. The monoisotopic (exact) mass is 246 g/mol. The second-order valence-corrected chi connectivity index (χ2v) is 5.17. The minimum Gasteiger partial charge on any atom is -0.491 e. The van der Waals surface area contributed by atoms with Crippen LogP contribution >= 0.6 is 0 Å². The number of benzene rings is 1. The molecule has 0 amide bonds. The van der Waals surface area contributed by atoms with E-state index >= 15 is 0 Å². The van der Waals surface area contributed by atoms with Gasteiger partial charge in [0.1, 0.15) is 11.2 Å². The van der Waals surface area contributed by atoms with E-state index < -0.39 is 0 Å². The van der Waals surface area contributed by atoms with Crippen LogP contribution in [-0.2, 0) is 20.7 Å². The number of hydrogen-bond donors (Lipinski definition) is 0. The summed E-state index contributed by atoms with van der Waals surface area (Å²) in [4.78, 5) is 0. The first-order chi connectivity index (χ1) is 8.33. The maximum Gasteiger partial charge on any atom is 0.127 e. The van der Waals surface area contributed by atoms with Crippen molar-refractivity contribution in [2.45, 2.75) is 38.9 Å². The zero-order valence-electron chi connectivity index (χ0n) is 11.7. The molecule has 98 valence electrons. The normalized spacial score (nSPS) is 11.8. The Morgan fingerprint density at radius 3 is 1.28 bits per heavy atom. The predicted octanol–water partition coefficient (Wildman–Crippen LogP) is 4.48. The lowest BCUT2D eigenvalue weighted by Crippen LogP contribution is -2.21. The number of ether oxygens (including phenoxy) is 2. The maximum atomic E-state index is 5.50. The van der Waals surface area contributed by atoms with E-state index in [4.69, 9.17) is 9.47 Å². The van der Waals surface area contributed by atoms with Crippen LogP contribution in [0, 0.1) is 0 Å². The molecule has 1 aromatic rings. The fourth-order valence-corrected chi connectivity index (χ4v) is 1.83. The molecular formula is C16H22O2. The molecule has 1 aromatic carbocycles. The van der Waals surface area contributed by atoms with E-state index in [0.717, 1.165) is 11.1 Å². The molecule has 0 saturated carbocycles. The highest BCUT2D eigenvalue weighted by atomic mass is 16.5. The molecule has 0 aliphatic rings. The Hall–Kier alpha value is -1.70. The quantitative estimate of drug-likeness (QED) is 0.689. The highest BCUT2D eigenvalue weighted by molar-refractivity contribution is 5.29. The maximum absolute atomic E-state index is 5.50. The molecule has 0 bridgehead atoms. The Bertz CT molecular complexity index is 372. The van der Waals surface area contributed by atoms with Crippen molar-refractivity contribution in [3.63, 3.8) is 0 Å². The van der Waals surface area contributed by atoms with Crippen LogP contribution < -0.4 is 0 Å². The van der Waals surface area contributed by atoms with E-state index in [1.54, 1.807) is 0 Å². The number of rotatable bonds is 6. The van der Waals surface area contributed by atoms with Crippen LogP contribution in [0.4, 0.5) is 0 Å². The van der Waals surface area contributed by atoms with Gasteiger partial charge in [-0.25, -0.2) is 0 Å². The molecule has 1 rings (SSSR count). The molecule has 0 atom stereocenters. The van der Waals surface area contributed by atoms with E-state index in [-0.39, 0.29) is 11.2 Å². The SMILES string of the molecule is C=COC(C)(C)c1ccc(C(C)(C)OC=C)cc1. The summed E-state index contributed by atoms with van der Waals surface area (Å²) >= 11 is 0. The summed E-state index contributed by atoms with van der Waals surface area (Å²) in [6.07, 6.45) is 2.94. The van der Waals surface area contributed by atoms with Gasteiger partial charge in [-0.3, -0.25) is 0 Å². The molecule has 0 radical (unpaired) electrons. The van der Waals surface area contributed by atoms with Gasteiger partial charge in [0.15, 0.2) is 0 Å². The first-order valence-electron chi connectivity index (χ1n) is 6.02. The first-order valence-corrected chi connectivity index (χ1v) is 6.02. The van der Waals surface area contributed by atoms with Gasteiger partial charge in [0.25, 0.3) is 0 Å². The van der Waals surface area contributed by atoms with Crippen LogP contribution in [0.1, 0.15) is 38.8 Å². The lowest BCUT2D eigenvalue weighted by molar-refractivity contribution is 0.0524. The van der Waals surface area contributed by atoms with Crippen LogP contribution in [0.3, 0.4) is 0 Å². The van der Waals surface area contributed by atoms with Crippen molar-refractivity contribution in [2.75, 3.05) is 0 Å². The van der Waals surface area contributed by atoms with Crippen molar-refractivity contribution in [1.29, 1.82) is 0 Å². The predicted molar refractivity (Wildman–Crippen MR) is 75.1 cm³/mol. The van der Waals surface area contributed by atoms with Crippen molar-refractivity contribution in [2.24, 2.45) is 0 Å². The average molecular weight is 246 g/mol. The molecule has 0 fully saturated rings. The largest absolute Gasteiger partial charge is 0.491 e. The molecule has 2 heteroatoms. The molecule has 0 spiro atoms. The lowest BCUT2D eigenvalue weighted by atomic mass is 9.92. The van der Waals surface area contributed by atoms with Crippen LogP contribution in [-0.4, -0.2) is 0 Å². The molecule has 0 N–H and O–H groups in total. The molecule has 0 aliphatic heterocycles. The minimum absolute atomic E-state index is 0.371. The van der Waals surface area contributed by atoms with E-state index in [0.29, 0.717) is 0 Å². The molecule has 0 saturated heterocycles. The zero-order chi connectivity index (χ0) is 13.8. The summed E-state index contributed by atoms with van der Waals surface area (Å²) < 4.78 is 11.0. The lowest BCUT2D eigenvalue weighted by Gasteiger charge is -2.27. The average Bonchev–Trinajstić information content (AvgIpc) is 2.29. The van der Waals surface area contributed by atoms with E-state index in [9.17, 15) is 0 Å². The minimum atomic E-state index is -0.371. The third-order valence-corrected chi connectivity index (χ3v) is 3.03. The van der Waals surface area contributed by atoms with Crippen molar-refractivity contribution >= 4 is 0 Å². The van der Waals surface area contributed by atoms with Crippen LogP contribution in [0.15, 0.2) is 49.9 Å². The highest BCUT2D eigenvalue weighted by Crippen LogP contribution is 2.29. The van der Waals surface area contributed by atoms with Gasteiger partial charge in [0.05, 0.1) is 12.5 Å². The van der Waals surface area contributed by atoms with Crippen molar-refractivity contribution in [3.8, 4) is 0 Å². The summed E-state index contributed by atoms with van der Waals surface area (Å²) in [5.41, 5.74) is 1.45. The Kier molecular flexibility index (Phi) is 4.23. The summed E-state index contributed by atoms with van der Waals surface area (Å²) in [7, 11) is 0. The topological polar surface area (TPSA) is 18.5 Å². The molecule has 0 aromatic heterocycles. The Labute approximate surface area is 110 Å². The molecule has 0 heterocycles. The molecule has 18 heavy (non-hydrogen) atoms. The van der Waals surface area contributed by atoms with E-state index in [1.165, 1.54) is 12.5 Å². The van der Waals surface area contributed by atoms with Crippen molar-refractivity contribution in [1.82, 2.24) is 0 Å². The van der Waals surface area contributed by atoms with Gasteiger partial charge < -0.3 is 9.47 Å². The van der Waals surface area contributed by atoms with Crippen LogP contribution in [0.5, 0.6) is 0 Å². The fourth-order valence-electron chi connectivity index (χ4n) is 1.83. The summed E-state index contributed by atoms with van der Waals surface area (Å²) in [5, 5.41) is 0. The second kappa shape index (κ2) is 5.30. The highest BCUT2D eigenvalue weighted by Gasteiger charge is 2.24. The van der Waals surface area contributed by atoms with Gasteiger partial charge in [-0.1, -0.05) is 37.4 Å². The van der Waals surface area contributed by atoms with Crippen LogP contribution in [0.2, 0.25) is 0 Å². The van der Waals surface area contributed by atoms with Gasteiger partial charge >= 0.3 is 0 Å². The Balaban J connectivity index is 2.99. The standard InChI is InChI=1S/C16H22O2/c1-7-17-15(3,4)13-9-11-14(12-10-13)16(5,6)18-8-2/h7-12H,1-2H2,3-6H3. The smallest absolute Gasteiger partial charge is 0.127 e. The summed E-state index contributed by atoms with van der Waals surface area (Å²) in [5.74, 6) is 0. The molecule has 2 nitrogen and oxygen atoms in total. The molecular weight excluding hydrogens is 224 g/mol.